The second kappa shape index (κ2) is 2.96. The highest BCUT2D eigenvalue weighted by atomic mass is 15.2. The van der Waals surface area contributed by atoms with Crippen LogP contribution in [0.4, 0.5) is 0 Å². The molecule has 1 heterocycles. The van der Waals surface area contributed by atoms with Crippen LogP contribution in [-0.2, 0) is 0 Å². The Bertz CT molecular complexity index is 210. The maximum atomic E-state index is 5.93. The highest BCUT2D eigenvalue weighted by Gasteiger charge is 2.66. The van der Waals surface area contributed by atoms with E-state index in [2.05, 4.69) is 32.6 Å². The summed E-state index contributed by atoms with van der Waals surface area (Å²) in [4.78, 5) is 2.66. The van der Waals surface area contributed by atoms with Crippen LogP contribution in [0.5, 0.6) is 0 Å². The van der Waals surface area contributed by atoms with E-state index in [1.807, 2.05) is 0 Å². The van der Waals surface area contributed by atoms with E-state index < -0.39 is 0 Å². The van der Waals surface area contributed by atoms with Gasteiger partial charge in [-0.05, 0) is 36.8 Å². The number of likely N-dealkylation sites (tertiary alicyclic amines) is 1. The van der Waals surface area contributed by atoms with E-state index in [1.54, 1.807) is 0 Å². The number of nitrogens with zero attached hydrogens (tertiary/aromatic N) is 1. The van der Waals surface area contributed by atoms with Crippen LogP contribution in [0.2, 0.25) is 0 Å². The zero-order valence-corrected chi connectivity index (χ0v) is 10.0. The summed E-state index contributed by atoms with van der Waals surface area (Å²) in [5, 5.41) is 0. The summed E-state index contributed by atoms with van der Waals surface area (Å²) in [6, 6.07) is 1.23. The Kier molecular flexibility index (Phi) is 2.20. The van der Waals surface area contributed by atoms with Crippen molar-refractivity contribution in [3.05, 3.63) is 0 Å². The number of hydrogen-bond acceptors (Lipinski definition) is 2. The fourth-order valence-corrected chi connectivity index (χ4v) is 3.25. The minimum atomic E-state index is 0.455. The van der Waals surface area contributed by atoms with Crippen LogP contribution < -0.4 is 5.73 Å². The first-order valence-corrected chi connectivity index (χ1v) is 5.87. The molecule has 1 aliphatic heterocycles. The fourth-order valence-electron chi connectivity index (χ4n) is 3.25. The molecule has 1 saturated carbocycles. The second-order valence-electron chi connectivity index (χ2n) is 6.22. The Balaban J connectivity index is 1.99. The van der Waals surface area contributed by atoms with E-state index in [1.165, 1.54) is 25.9 Å². The number of rotatable bonds is 1. The van der Waals surface area contributed by atoms with Crippen LogP contribution in [0.3, 0.4) is 0 Å². The van der Waals surface area contributed by atoms with Crippen molar-refractivity contribution in [3.8, 4) is 0 Å². The van der Waals surface area contributed by atoms with E-state index in [-0.39, 0.29) is 0 Å². The van der Waals surface area contributed by atoms with E-state index in [9.17, 15) is 0 Å². The summed E-state index contributed by atoms with van der Waals surface area (Å²) >= 11 is 0. The zero-order valence-electron chi connectivity index (χ0n) is 10.0. The van der Waals surface area contributed by atoms with Gasteiger partial charge in [-0.2, -0.15) is 0 Å². The van der Waals surface area contributed by atoms with Gasteiger partial charge in [-0.3, -0.25) is 4.90 Å². The first-order chi connectivity index (χ1) is 6.37. The lowest BCUT2D eigenvalue weighted by Crippen LogP contribution is -2.42. The maximum absolute atomic E-state index is 5.93. The molecule has 2 nitrogen and oxygen atoms in total. The maximum Gasteiger partial charge on any atom is 0.0209 e. The molecule has 0 aromatic carbocycles. The van der Waals surface area contributed by atoms with Gasteiger partial charge in [-0.1, -0.05) is 27.7 Å². The van der Waals surface area contributed by atoms with Gasteiger partial charge in [0.1, 0.15) is 0 Å². The standard InChI is InChI=1S/C12H24N2/c1-11(2)10(12(11,3)4)14-7-5-9(13)6-8-14/h9-10H,5-8,13H2,1-4H3. The molecule has 2 rings (SSSR count). The molecule has 2 N–H and O–H groups in total. The highest BCUT2D eigenvalue weighted by Crippen LogP contribution is 2.65. The van der Waals surface area contributed by atoms with Gasteiger partial charge < -0.3 is 5.73 Å². The Labute approximate surface area is 87.8 Å². The summed E-state index contributed by atoms with van der Waals surface area (Å²) in [7, 11) is 0. The molecule has 0 aromatic rings. The van der Waals surface area contributed by atoms with E-state index in [4.69, 9.17) is 5.73 Å². The molecule has 0 spiro atoms. The van der Waals surface area contributed by atoms with E-state index in [0.29, 0.717) is 16.9 Å². The van der Waals surface area contributed by atoms with Crippen molar-refractivity contribution in [3.63, 3.8) is 0 Å². The quantitative estimate of drug-likeness (QED) is 0.693. The Hall–Kier alpha value is -0.0800. The lowest BCUT2D eigenvalue weighted by molar-refractivity contribution is 0.176. The third-order valence-corrected chi connectivity index (χ3v) is 4.88. The molecular weight excluding hydrogens is 172 g/mol. The molecule has 0 bridgehead atoms. The van der Waals surface area contributed by atoms with Crippen molar-refractivity contribution in [2.45, 2.75) is 52.6 Å². The predicted molar refractivity (Wildman–Crippen MR) is 60.1 cm³/mol. The van der Waals surface area contributed by atoms with Crippen molar-refractivity contribution < 1.29 is 0 Å². The summed E-state index contributed by atoms with van der Waals surface area (Å²) in [6.45, 7) is 12.0. The molecule has 82 valence electrons. The summed E-state index contributed by atoms with van der Waals surface area (Å²) in [5.74, 6) is 0. The lowest BCUT2D eigenvalue weighted by Gasteiger charge is -2.31. The van der Waals surface area contributed by atoms with Crippen LogP contribution >= 0.6 is 0 Å². The van der Waals surface area contributed by atoms with Gasteiger partial charge in [0.05, 0.1) is 0 Å². The average Bonchev–Trinajstić information content (AvgIpc) is 2.46. The molecule has 0 atom stereocenters. The molecule has 2 heteroatoms. The van der Waals surface area contributed by atoms with Crippen molar-refractivity contribution in [1.29, 1.82) is 0 Å². The van der Waals surface area contributed by atoms with Crippen LogP contribution in [-0.4, -0.2) is 30.1 Å². The molecule has 0 radical (unpaired) electrons. The van der Waals surface area contributed by atoms with Crippen molar-refractivity contribution in [2.24, 2.45) is 16.6 Å². The smallest absolute Gasteiger partial charge is 0.0209 e. The van der Waals surface area contributed by atoms with Gasteiger partial charge in [0.2, 0.25) is 0 Å². The van der Waals surface area contributed by atoms with E-state index >= 15 is 0 Å². The van der Waals surface area contributed by atoms with Gasteiger partial charge in [0, 0.05) is 12.1 Å². The van der Waals surface area contributed by atoms with Crippen LogP contribution in [0.25, 0.3) is 0 Å². The predicted octanol–water partition coefficient (Wildman–Crippen LogP) is 1.84. The number of nitrogens with two attached hydrogens (primary N) is 1. The monoisotopic (exact) mass is 196 g/mol. The Morgan fingerprint density at radius 1 is 1.00 bits per heavy atom. The van der Waals surface area contributed by atoms with Gasteiger partial charge in [-0.15, -0.1) is 0 Å². The molecule has 0 amide bonds. The van der Waals surface area contributed by atoms with Gasteiger partial charge in [-0.25, -0.2) is 0 Å². The minimum Gasteiger partial charge on any atom is -0.328 e. The SMILES string of the molecule is CC1(C)C(N2CCC(N)CC2)C1(C)C. The summed E-state index contributed by atoms with van der Waals surface area (Å²) in [6.07, 6.45) is 2.37. The molecular formula is C12H24N2. The average molecular weight is 196 g/mol. The van der Waals surface area contributed by atoms with Crippen molar-refractivity contribution >= 4 is 0 Å². The Morgan fingerprint density at radius 3 is 1.79 bits per heavy atom. The summed E-state index contributed by atoms with van der Waals surface area (Å²) < 4.78 is 0. The molecule has 1 saturated heterocycles. The number of hydrogen-bond donors (Lipinski definition) is 1. The van der Waals surface area contributed by atoms with Gasteiger partial charge in [0.25, 0.3) is 0 Å². The topological polar surface area (TPSA) is 29.3 Å². The first-order valence-electron chi connectivity index (χ1n) is 5.87. The van der Waals surface area contributed by atoms with Crippen molar-refractivity contribution in [1.82, 2.24) is 4.90 Å². The first kappa shape index (κ1) is 10.4. The minimum absolute atomic E-state index is 0.455. The molecule has 2 aliphatic rings. The molecule has 0 unspecified atom stereocenters. The Morgan fingerprint density at radius 2 is 1.43 bits per heavy atom. The largest absolute Gasteiger partial charge is 0.328 e. The van der Waals surface area contributed by atoms with E-state index in [0.717, 1.165) is 6.04 Å². The third kappa shape index (κ3) is 1.31. The molecule has 14 heavy (non-hydrogen) atoms. The van der Waals surface area contributed by atoms with Crippen LogP contribution in [0.15, 0.2) is 0 Å². The van der Waals surface area contributed by atoms with Gasteiger partial charge >= 0.3 is 0 Å². The van der Waals surface area contributed by atoms with Crippen LogP contribution in [0, 0.1) is 10.8 Å². The molecule has 2 fully saturated rings. The molecule has 1 aliphatic carbocycles. The highest BCUT2D eigenvalue weighted by molar-refractivity contribution is 5.18. The fraction of sp³-hybridized carbons (Fsp3) is 1.00. The van der Waals surface area contributed by atoms with Gasteiger partial charge in [0.15, 0.2) is 0 Å². The lowest BCUT2D eigenvalue weighted by atomic mass is 10.0. The molecule has 0 aromatic heterocycles. The zero-order chi connectivity index (χ0) is 10.6. The summed E-state index contributed by atoms with van der Waals surface area (Å²) in [5.41, 5.74) is 6.92. The number of piperidine rings is 1. The van der Waals surface area contributed by atoms with Crippen LogP contribution in [0.1, 0.15) is 40.5 Å². The normalized spacial score (nSPS) is 33.2. The third-order valence-electron chi connectivity index (χ3n) is 4.88. The second-order valence-corrected chi connectivity index (χ2v) is 6.22. The van der Waals surface area contributed by atoms with Crippen molar-refractivity contribution in [2.75, 3.05) is 13.1 Å².